The lowest BCUT2D eigenvalue weighted by Gasteiger charge is -2.38. The van der Waals surface area contributed by atoms with Gasteiger partial charge in [-0.1, -0.05) is 26.0 Å². The summed E-state index contributed by atoms with van der Waals surface area (Å²) in [5.74, 6) is -0.316. The Morgan fingerprint density at radius 3 is 2.48 bits per heavy atom. The molecule has 1 heterocycles. The van der Waals surface area contributed by atoms with Gasteiger partial charge in [0.2, 0.25) is 0 Å². The van der Waals surface area contributed by atoms with Crippen molar-refractivity contribution in [3.05, 3.63) is 47.9 Å². The first-order valence-electron chi connectivity index (χ1n) is 8.43. The molecule has 1 rings (SSSR count). The molecule has 0 aromatic carbocycles. The maximum absolute atomic E-state index is 12.1. The number of ether oxygens (including phenoxy) is 1. The Morgan fingerprint density at radius 1 is 1.36 bits per heavy atom. The Morgan fingerprint density at radius 2 is 2.00 bits per heavy atom. The number of hydrogen-bond donors (Lipinski definition) is 1. The molecule has 0 aliphatic carbocycles. The molecule has 1 aliphatic rings. The molecule has 1 radical (unpaired) electrons. The van der Waals surface area contributed by atoms with Gasteiger partial charge in [-0.2, -0.15) is 12.6 Å². The molecule has 0 aromatic heterocycles. The van der Waals surface area contributed by atoms with Crippen molar-refractivity contribution in [1.29, 1.82) is 0 Å². The van der Waals surface area contributed by atoms with Crippen molar-refractivity contribution in [3.8, 4) is 0 Å². The lowest BCUT2D eigenvalue weighted by atomic mass is 9.82. The summed E-state index contributed by atoms with van der Waals surface area (Å²) in [6.45, 7) is 13.9. The third-order valence-electron chi connectivity index (χ3n) is 4.40. The highest BCUT2D eigenvalue weighted by Crippen LogP contribution is 2.31. The molecule has 0 N–H and O–H groups in total. The number of allylic oxidation sites excluding steroid dienone is 3. The predicted molar refractivity (Wildman–Crippen MR) is 107 cm³/mol. The molecule has 0 fully saturated rings. The van der Waals surface area contributed by atoms with E-state index in [2.05, 4.69) is 19.2 Å². The molecule has 0 spiro atoms. The van der Waals surface area contributed by atoms with Crippen LogP contribution in [-0.2, 0) is 14.2 Å². The van der Waals surface area contributed by atoms with Gasteiger partial charge in [-0.25, -0.2) is 4.79 Å². The van der Waals surface area contributed by atoms with Gasteiger partial charge in [-0.15, -0.1) is 0 Å². The van der Waals surface area contributed by atoms with Gasteiger partial charge in [0, 0.05) is 17.1 Å². The van der Waals surface area contributed by atoms with Gasteiger partial charge in [-0.05, 0) is 45.7 Å². The summed E-state index contributed by atoms with van der Waals surface area (Å²) in [6.07, 6.45) is 8.83. The average molecular weight is 362 g/mol. The molecular formula is C19H29BNO3S. The molecule has 6 heteroatoms. The molecule has 137 valence electrons. The minimum Gasteiger partial charge on any atom is -0.466 e. The molecule has 1 aliphatic heterocycles. The van der Waals surface area contributed by atoms with E-state index in [1.807, 2.05) is 57.9 Å². The third kappa shape index (κ3) is 5.54. The summed E-state index contributed by atoms with van der Waals surface area (Å²) < 4.78 is 10.6. The number of carbonyl (C=O) groups is 1. The predicted octanol–water partition coefficient (Wildman–Crippen LogP) is 4.19. The Kier molecular flexibility index (Phi) is 7.63. The van der Waals surface area contributed by atoms with Crippen LogP contribution in [0.2, 0.25) is 0 Å². The first-order chi connectivity index (χ1) is 11.6. The second-order valence-electron chi connectivity index (χ2n) is 6.96. The summed E-state index contributed by atoms with van der Waals surface area (Å²) in [7, 11) is 3.10. The van der Waals surface area contributed by atoms with Crippen LogP contribution in [0.1, 0.15) is 47.5 Å². The second-order valence-corrected chi connectivity index (χ2v) is 8.08. The maximum atomic E-state index is 12.1. The van der Waals surface area contributed by atoms with E-state index in [1.54, 1.807) is 13.7 Å². The smallest absolute Gasteiger partial charge is 0.335 e. The van der Waals surface area contributed by atoms with E-state index in [-0.39, 0.29) is 10.7 Å². The minimum atomic E-state index is -0.445. The summed E-state index contributed by atoms with van der Waals surface area (Å²) >= 11 is 4.60. The molecule has 0 saturated carbocycles. The van der Waals surface area contributed by atoms with E-state index in [0.29, 0.717) is 12.0 Å². The van der Waals surface area contributed by atoms with Crippen molar-refractivity contribution < 1.29 is 14.2 Å². The first-order valence-corrected chi connectivity index (χ1v) is 8.87. The minimum absolute atomic E-state index is 0.301. The van der Waals surface area contributed by atoms with Gasteiger partial charge in [-0.3, -0.25) is 0 Å². The molecule has 0 unspecified atom stereocenters. The monoisotopic (exact) mass is 362 g/mol. The zero-order valence-corrected chi connectivity index (χ0v) is 17.0. The van der Waals surface area contributed by atoms with Crippen molar-refractivity contribution in [3.63, 3.8) is 0 Å². The Balaban J connectivity index is 3.02. The molecule has 0 atom stereocenters. The van der Waals surface area contributed by atoms with E-state index < -0.39 is 5.60 Å². The third-order valence-corrected chi connectivity index (χ3v) is 4.94. The van der Waals surface area contributed by atoms with Gasteiger partial charge in [0.05, 0.1) is 24.0 Å². The molecule has 0 saturated heterocycles. The molecule has 0 amide bonds. The van der Waals surface area contributed by atoms with Crippen molar-refractivity contribution in [2.75, 3.05) is 7.11 Å². The average Bonchev–Trinajstić information content (AvgIpc) is 2.56. The molecule has 0 bridgehead atoms. The van der Waals surface area contributed by atoms with Crippen LogP contribution in [0, 0.1) is 0 Å². The van der Waals surface area contributed by atoms with Crippen molar-refractivity contribution in [1.82, 2.24) is 4.90 Å². The van der Waals surface area contributed by atoms with E-state index >= 15 is 0 Å². The molecule has 4 nitrogen and oxygen atoms in total. The number of esters is 1. The molecule has 25 heavy (non-hydrogen) atoms. The maximum Gasteiger partial charge on any atom is 0.335 e. The summed E-state index contributed by atoms with van der Waals surface area (Å²) in [5.41, 5.74) is 1.83. The second kappa shape index (κ2) is 8.81. The number of hydrogen-bond acceptors (Lipinski definition) is 5. The zero-order valence-electron chi connectivity index (χ0n) is 16.1. The quantitative estimate of drug-likeness (QED) is 0.304. The largest absolute Gasteiger partial charge is 0.466 e. The number of nitrogens with zero attached hydrogens (tertiary/aromatic N) is 1. The lowest BCUT2D eigenvalue weighted by molar-refractivity contribution is -0.136. The van der Waals surface area contributed by atoms with Crippen LogP contribution >= 0.6 is 12.6 Å². The van der Waals surface area contributed by atoms with Crippen LogP contribution in [-0.4, -0.2) is 35.8 Å². The van der Waals surface area contributed by atoms with Crippen LogP contribution < -0.4 is 0 Å². The standard InChI is InChI=1S/C19H29BNO3S/c1-8-10-15(17(22)23-7)16-12-11-14(13-21(16)9-2)20-24-18(3,4)19(5,6)25/h9,11-13,25H,2,8,10H2,1,3-7H3/b16-15+. The normalized spacial score (nSPS) is 17.1. The lowest BCUT2D eigenvalue weighted by Crippen LogP contribution is -2.44. The summed E-state index contributed by atoms with van der Waals surface area (Å²) in [5, 5.41) is 0. The number of thiol groups is 1. The number of carbonyl (C=O) groups excluding carboxylic acids is 1. The van der Waals surface area contributed by atoms with E-state index in [1.165, 1.54) is 7.11 Å². The van der Waals surface area contributed by atoms with Gasteiger partial charge in [0.25, 0.3) is 0 Å². The fourth-order valence-corrected chi connectivity index (χ4v) is 2.13. The van der Waals surface area contributed by atoms with Crippen molar-refractivity contribution in [2.24, 2.45) is 0 Å². The van der Waals surface area contributed by atoms with E-state index in [4.69, 9.17) is 9.39 Å². The van der Waals surface area contributed by atoms with Crippen LogP contribution in [0.5, 0.6) is 0 Å². The highest BCUT2D eigenvalue weighted by atomic mass is 32.1. The van der Waals surface area contributed by atoms with Crippen molar-refractivity contribution >= 4 is 26.1 Å². The van der Waals surface area contributed by atoms with Crippen LogP contribution in [0.3, 0.4) is 0 Å². The summed E-state index contributed by atoms with van der Waals surface area (Å²) in [4.78, 5) is 13.9. The molecular weight excluding hydrogens is 333 g/mol. The van der Waals surface area contributed by atoms with Gasteiger partial charge < -0.3 is 14.3 Å². The summed E-state index contributed by atoms with van der Waals surface area (Å²) in [6, 6.07) is 0. The number of methoxy groups -OCH3 is 1. The van der Waals surface area contributed by atoms with E-state index in [0.717, 1.165) is 17.6 Å². The SMILES string of the molecule is C=CN1C=C([B]OC(C)(C)C(C)(C)S)C=C/C1=C(/CCC)C(=O)OC. The Labute approximate surface area is 158 Å². The number of rotatable bonds is 8. The van der Waals surface area contributed by atoms with Gasteiger partial charge in [0.1, 0.15) is 0 Å². The van der Waals surface area contributed by atoms with Gasteiger partial charge >= 0.3 is 13.5 Å². The first kappa shape index (κ1) is 21.6. The Hall–Kier alpha value is -1.40. The van der Waals surface area contributed by atoms with Crippen molar-refractivity contribution in [2.45, 2.75) is 57.8 Å². The van der Waals surface area contributed by atoms with E-state index in [9.17, 15) is 4.79 Å². The van der Waals surface area contributed by atoms with Crippen LogP contribution in [0.15, 0.2) is 47.9 Å². The van der Waals surface area contributed by atoms with Crippen LogP contribution in [0.25, 0.3) is 0 Å². The van der Waals surface area contributed by atoms with Gasteiger partial charge in [0.15, 0.2) is 0 Å². The topological polar surface area (TPSA) is 38.8 Å². The highest BCUT2D eigenvalue weighted by molar-refractivity contribution is 7.81. The highest BCUT2D eigenvalue weighted by Gasteiger charge is 2.34. The van der Waals surface area contributed by atoms with Crippen LogP contribution in [0.4, 0.5) is 0 Å². The zero-order chi connectivity index (χ0) is 19.3. The fraction of sp³-hybridized carbons (Fsp3) is 0.526. The molecule has 0 aromatic rings. The fourth-order valence-electron chi connectivity index (χ4n) is 2.08. The Bertz CT molecular complexity index is 600.